The van der Waals surface area contributed by atoms with Gasteiger partial charge in [0.1, 0.15) is 17.6 Å². The number of aromatic nitrogens is 4. The van der Waals surface area contributed by atoms with Crippen molar-refractivity contribution in [2.45, 2.75) is 32.7 Å². The van der Waals surface area contributed by atoms with Gasteiger partial charge in [-0.3, -0.25) is 4.79 Å². The van der Waals surface area contributed by atoms with Crippen molar-refractivity contribution in [3.05, 3.63) is 40.3 Å². The van der Waals surface area contributed by atoms with Crippen molar-refractivity contribution in [3.8, 4) is 17.6 Å². The van der Waals surface area contributed by atoms with E-state index in [1.54, 1.807) is 4.57 Å². The molecule has 10 heteroatoms. The molecule has 0 spiro atoms. The predicted molar refractivity (Wildman–Crippen MR) is 116 cm³/mol. The Kier molecular flexibility index (Phi) is 4.67. The van der Waals surface area contributed by atoms with E-state index >= 15 is 0 Å². The standard InChI is InChI=1S/C21H19N7O2S/c1-11-6-7-12-13(9-22)21(31-16(12)8-11)25-17(29)10-28-15-5-3-2-4-14(15)24-20(28)18-19(23)27-30-26-18/h2-5,11H,6-8,10H2,1H3,(H2,23,27)(H,25,29)/t11-/m0/s1. The molecule has 0 fully saturated rings. The summed E-state index contributed by atoms with van der Waals surface area (Å²) in [7, 11) is 0. The Balaban J connectivity index is 1.48. The number of nitrogens with one attached hydrogen (secondary N) is 1. The lowest BCUT2D eigenvalue weighted by Crippen LogP contribution is -2.19. The van der Waals surface area contributed by atoms with Gasteiger partial charge in [-0.2, -0.15) is 5.26 Å². The number of nitriles is 1. The van der Waals surface area contributed by atoms with Crippen LogP contribution in [-0.4, -0.2) is 25.8 Å². The van der Waals surface area contributed by atoms with E-state index in [1.807, 2.05) is 24.3 Å². The van der Waals surface area contributed by atoms with Crippen LogP contribution in [0.5, 0.6) is 0 Å². The van der Waals surface area contributed by atoms with Crippen molar-refractivity contribution in [2.75, 3.05) is 11.1 Å². The highest BCUT2D eigenvalue weighted by molar-refractivity contribution is 7.16. The summed E-state index contributed by atoms with van der Waals surface area (Å²) in [6.45, 7) is 2.19. The van der Waals surface area contributed by atoms with Gasteiger partial charge in [0, 0.05) is 4.88 Å². The van der Waals surface area contributed by atoms with Gasteiger partial charge < -0.3 is 15.6 Å². The molecule has 0 bridgehead atoms. The van der Waals surface area contributed by atoms with E-state index in [1.165, 1.54) is 16.2 Å². The fraction of sp³-hybridized carbons (Fsp3) is 0.286. The third kappa shape index (κ3) is 3.33. The van der Waals surface area contributed by atoms with Gasteiger partial charge in [-0.05, 0) is 53.2 Å². The number of nitrogens with two attached hydrogens (primary N) is 1. The van der Waals surface area contributed by atoms with Gasteiger partial charge in [0.15, 0.2) is 17.3 Å². The van der Waals surface area contributed by atoms with E-state index in [0.717, 1.165) is 30.3 Å². The Bertz CT molecular complexity index is 1340. The smallest absolute Gasteiger partial charge is 0.245 e. The summed E-state index contributed by atoms with van der Waals surface area (Å²) < 4.78 is 6.45. The molecule has 9 nitrogen and oxygen atoms in total. The van der Waals surface area contributed by atoms with Gasteiger partial charge >= 0.3 is 0 Å². The van der Waals surface area contributed by atoms with Gasteiger partial charge in [0.05, 0.1) is 16.6 Å². The van der Waals surface area contributed by atoms with Crippen LogP contribution in [0.2, 0.25) is 0 Å². The largest absolute Gasteiger partial charge is 0.379 e. The molecule has 0 saturated carbocycles. The van der Waals surface area contributed by atoms with E-state index in [0.29, 0.717) is 27.8 Å². The molecule has 1 aromatic carbocycles. The lowest BCUT2D eigenvalue weighted by atomic mass is 9.89. The van der Waals surface area contributed by atoms with Crippen LogP contribution in [0, 0.1) is 17.2 Å². The minimum atomic E-state index is -0.262. The van der Waals surface area contributed by atoms with Gasteiger partial charge in [-0.15, -0.1) is 11.3 Å². The number of benzene rings is 1. The molecule has 5 rings (SSSR count). The topological polar surface area (TPSA) is 136 Å². The second-order valence-corrected chi connectivity index (χ2v) is 8.83. The minimum absolute atomic E-state index is 0.0218. The molecular formula is C21H19N7O2S. The van der Waals surface area contributed by atoms with Crippen molar-refractivity contribution in [1.29, 1.82) is 5.26 Å². The maximum absolute atomic E-state index is 13.0. The van der Waals surface area contributed by atoms with Crippen LogP contribution < -0.4 is 11.1 Å². The summed E-state index contributed by atoms with van der Waals surface area (Å²) in [5.41, 5.74) is 9.27. The number of carbonyl (C=O) groups excluding carboxylic acids is 1. The van der Waals surface area contributed by atoms with Crippen LogP contribution in [0.1, 0.15) is 29.3 Å². The molecule has 0 saturated heterocycles. The maximum atomic E-state index is 13.0. The van der Waals surface area contributed by atoms with Crippen molar-refractivity contribution in [1.82, 2.24) is 19.9 Å². The van der Waals surface area contributed by atoms with Gasteiger partial charge in [-0.25, -0.2) is 9.61 Å². The number of imidazole rings is 1. The van der Waals surface area contributed by atoms with Crippen molar-refractivity contribution in [3.63, 3.8) is 0 Å². The molecule has 0 radical (unpaired) electrons. The average molecular weight is 433 g/mol. The van der Waals surface area contributed by atoms with Crippen LogP contribution in [0.3, 0.4) is 0 Å². The predicted octanol–water partition coefficient (Wildman–Crippen LogP) is 3.37. The number of hydrogen-bond acceptors (Lipinski definition) is 8. The third-order valence-electron chi connectivity index (χ3n) is 5.56. The quantitative estimate of drug-likeness (QED) is 0.503. The molecular weight excluding hydrogens is 414 g/mol. The number of hydrogen-bond donors (Lipinski definition) is 2. The Hall–Kier alpha value is -3.71. The number of thiophene rings is 1. The van der Waals surface area contributed by atoms with E-state index in [-0.39, 0.29) is 24.0 Å². The molecule has 3 aromatic heterocycles. The van der Waals surface area contributed by atoms with E-state index < -0.39 is 0 Å². The molecule has 3 heterocycles. The van der Waals surface area contributed by atoms with Gasteiger partial charge in [-0.1, -0.05) is 19.1 Å². The normalized spacial score (nSPS) is 15.5. The maximum Gasteiger partial charge on any atom is 0.245 e. The van der Waals surface area contributed by atoms with E-state index in [4.69, 9.17) is 10.4 Å². The zero-order valence-corrected chi connectivity index (χ0v) is 17.6. The highest BCUT2D eigenvalue weighted by Crippen LogP contribution is 2.39. The number of amides is 1. The number of rotatable bonds is 4. The summed E-state index contributed by atoms with van der Waals surface area (Å²) in [5, 5.41) is 20.7. The zero-order chi connectivity index (χ0) is 21.5. The summed E-state index contributed by atoms with van der Waals surface area (Å²) in [6.07, 6.45) is 2.88. The number of nitrogen functional groups attached to an aromatic ring is 1. The zero-order valence-electron chi connectivity index (χ0n) is 16.8. The molecule has 1 aliphatic carbocycles. The highest BCUT2D eigenvalue weighted by Gasteiger charge is 2.26. The number of para-hydroxylation sites is 2. The van der Waals surface area contributed by atoms with Crippen LogP contribution in [0.4, 0.5) is 10.8 Å². The average Bonchev–Trinajstić information content (AvgIpc) is 3.42. The van der Waals surface area contributed by atoms with Crippen LogP contribution in [0.25, 0.3) is 22.6 Å². The summed E-state index contributed by atoms with van der Waals surface area (Å²) in [4.78, 5) is 18.8. The lowest BCUT2D eigenvalue weighted by molar-refractivity contribution is -0.116. The van der Waals surface area contributed by atoms with E-state index in [2.05, 4.69) is 33.6 Å². The molecule has 3 N–H and O–H groups in total. The first-order chi connectivity index (χ1) is 15.0. The first-order valence-electron chi connectivity index (χ1n) is 9.93. The Morgan fingerprint density at radius 2 is 2.26 bits per heavy atom. The Labute approximate surface area is 181 Å². The summed E-state index contributed by atoms with van der Waals surface area (Å²) >= 11 is 1.50. The monoisotopic (exact) mass is 433 g/mol. The molecule has 156 valence electrons. The van der Waals surface area contributed by atoms with Gasteiger partial charge in [0.2, 0.25) is 5.91 Å². The lowest BCUT2D eigenvalue weighted by Gasteiger charge is -2.17. The third-order valence-corrected chi connectivity index (χ3v) is 6.73. The first-order valence-corrected chi connectivity index (χ1v) is 10.7. The molecule has 1 aliphatic rings. The first kappa shape index (κ1) is 19.3. The number of fused-ring (bicyclic) bond motifs is 2. The molecule has 0 aliphatic heterocycles. The van der Waals surface area contributed by atoms with Crippen molar-refractivity contribution < 1.29 is 9.42 Å². The second kappa shape index (κ2) is 7.52. The molecule has 1 atom stereocenters. The van der Waals surface area contributed by atoms with Crippen LogP contribution >= 0.6 is 11.3 Å². The molecule has 0 unspecified atom stereocenters. The number of anilines is 2. The fourth-order valence-electron chi connectivity index (χ4n) is 4.03. The summed E-state index contributed by atoms with van der Waals surface area (Å²) in [6, 6.07) is 9.73. The van der Waals surface area contributed by atoms with Crippen LogP contribution in [0.15, 0.2) is 28.9 Å². The van der Waals surface area contributed by atoms with Gasteiger partial charge in [0.25, 0.3) is 0 Å². The number of nitrogens with zero attached hydrogens (tertiary/aromatic N) is 5. The summed E-state index contributed by atoms with van der Waals surface area (Å²) in [5.74, 6) is 0.823. The highest BCUT2D eigenvalue weighted by atomic mass is 32.1. The number of carbonyl (C=O) groups is 1. The Morgan fingerprint density at radius 3 is 3.03 bits per heavy atom. The molecule has 4 aromatic rings. The van der Waals surface area contributed by atoms with Crippen molar-refractivity contribution in [2.24, 2.45) is 5.92 Å². The SMILES string of the molecule is C[C@H]1CCc2c(sc(NC(=O)Cn3c(-c4nonc4N)nc4ccccc43)c2C#N)C1. The van der Waals surface area contributed by atoms with Crippen LogP contribution in [-0.2, 0) is 24.2 Å². The van der Waals surface area contributed by atoms with Crippen molar-refractivity contribution >= 4 is 39.1 Å². The van der Waals surface area contributed by atoms with E-state index in [9.17, 15) is 10.1 Å². The minimum Gasteiger partial charge on any atom is -0.379 e. The molecule has 1 amide bonds. The fourth-order valence-corrected chi connectivity index (χ4v) is 5.41. The molecule has 31 heavy (non-hydrogen) atoms. The second-order valence-electron chi connectivity index (χ2n) is 7.72. The Morgan fingerprint density at radius 1 is 1.42 bits per heavy atom.